The molecule has 1 aromatic rings. The molecule has 1 unspecified atom stereocenters. The molecule has 4 nitrogen and oxygen atoms in total. The first-order valence-corrected chi connectivity index (χ1v) is 3.73. The SMILES string of the molecule is CC(Cl)c1cnc([NH2+]O)n1C. The van der Waals surface area contributed by atoms with Crippen molar-refractivity contribution < 1.29 is 10.7 Å². The molecule has 0 spiro atoms. The number of hydrogen-bond donors (Lipinski definition) is 2. The van der Waals surface area contributed by atoms with Gasteiger partial charge in [0.2, 0.25) is 0 Å². The van der Waals surface area contributed by atoms with Gasteiger partial charge >= 0.3 is 5.95 Å². The zero-order chi connectivity index (χ0) is 8.43. The predicted molar refractivity (Wildman–Crippen MR) is 40.8 cm³/mol. The normalized spacial score (nSPS) is 13.5. The minimum absolute atomic E-state index is 0.0822. The van der Waals surface area contributed by atoms with E-state index >= 15 is 0 Å². The van der Waals surface area contributed by atoms with Crippen LogP contribution in [0.1, 0.15) is 18.0 Å². The van der Waals surface area contributed by atoms with Gasteiger partial charge in [-0.05, 0) is 6.92 Å². The predicted octanol–water partition coefficient (Wildman–Crippen LogP) is 0.304. The Morgan fingerprint density at radius 3 is 2.73 bits per heavy atom. The van der Waals surface area contributed by atoms with Gasteiger partial charge in [-0.2, -0.15) is 4.98 Å². The van der Waals surface area contributed by atoms with Crippen molar-refractivity contribution in [2.75, 3.05) is 0 Å². The molecule has 1 aromatic heterocycles. The molecule has 0 bridgehead atoms. The van der Waals surface area contributed by atoms with E-state index in [2.05, 4.69) is 4.98 Å². The molecule has 0 aliphatic carbocycles. The third kappa shape index (κ3) is 1.53. The number of aromatic nitrogens is 2. The molecular weight excluding hydrogens is 166 g/mol. The third-order valence-corrected chi connectivity index (χ3v) is 1.81. The fraction of sp³-hybridized carbons (Fsp3) is 0.500. The molecule has 0 aromatic carbocycles. The van der Waals surface area contributed by atoms with Gasteiger partial charge in [0.15, 0.2) is 0 Å². The first-order valence-electron chi connectivity index (χ1n) is 3.30. The van der Waals surface area contributed by atoms with Crippen molar-refractivity contribution >= 4 is 17.5 Å². The van der Waals surface area contributed by atoms with Gasteiger partial charge in [-0.15, -0.1) is 17.1 Å². The Kier molecular flexibility index (Phi) is 2.49. The van der Waals surface area contributed by atoms with E-state index in [0.717, 1.165) is 11.2 Å². The molecule has 0 amide bonds. The topological polar surface area (TPSA) is 54.7 Å². The number of rotatable bonds is 2. The number of nitrogens with two attached hydrogens (primary N) is 1. The lowest BCUT2D eigenvalue weighted by molar-refractivity contribution is -0.831. The van der Waals surface area contributed by atoms with Crippen LogP contribution >= 0.6 is 11.6 Å². The van der Waals surface area contributed by atoms with Crippen LogP contribution in [0.4, 0.5) is 5.95 Å². The highest BCUT2D eigenvalue weighted by Crippen LogP contribution is 2.19. The minimum Gasteiger partial charge on any atom is -0.282 e. The molecule has 0 radical (unpaired) electrons. The molecule has 0 aliphatic rings. The highest BCUT2D eigenvalue weighted by Gasteiger charge is 2.12. The minimum atomic E-state index is -0.0822. The van der Waals surface area contributed by atoms with E-state index in [-0.39, 0.29) is 5.38 Å². The van der Waals surface area contributed by atoms with Gasteiger partial charge in [0.1, 0.15) is 0 Å². The molecule has 3 N–H and O–H groups in total. The number of halogens is 1. The Morgan fingerprint density at radius 1 is 1.82 bits per heavy atom. The van der Waals surface area contributed by atoms with Crippen molar-refractivity contribution in [1.29, 1.82) is 0 Å². The second-order valence-corrected chi connectivity index (χ2v) is 3.00. The summed E-state index contributed by atoms with van der Waals surface area (Å²) in [5.74, 6) is 0.521. The number of imidazole rings is 1. The maximum Gasteiger partial charge on any atom is 0.338 e. The van der Waals surface area contributed by atoms with Gasteiger partial charge in [-0.25, -0.2) is 5.21 Å². The average Bonchev–Trinajstić information content (AvgIpc) is 2.30. The van der Waals surface area contributed by atoms with Crippen molar-refractivity contribution in [3.63, 3.8) is 0 Å². The third-order valence-electron chi connectivity index (χ3n) is 1.58. The molecule has 0 fully saturated rings. The van der Waals surface area contributed by atoms with Gasteiger partial charge in [-0.1, -0.05) is 0 Å². The molecular formula is C6H11ClN3O+. The van der Waals surface area contributed by atoms with Gasteiger partial charge in [0.25, 0.3) is 0 Å². The van der Waals surface area contributed by atoms with Crippen LogP contribution in [-0.4, -0.2) is 14.8 Å². The van der Waals surface area contributed by atoms with Crippen molar-refractivity contribution in [2.24, 2.45) is 7.05 Å². The summed E-state index contributed by atoms with van der Waals surface area (Å²) in [5, 5.41) is 8.58. The monoisotopic (exact) mass is 176 g/mol. The Hall–Kier alpha value is -0.580. The molecule has 1 atom stereocenters. The summed E-state index contributed by atoms with van der Waals surface area (Å²) in [6, 6.07) is 0. The summed E-state index contributed by atoms with van der Waals surface area (Å²) >= 11 is 5.82. The molecule has 62 valence electrons. The second kappa shape index (κ2) is 3.21. The Balaban J connectivity index is 3.00. The summed E-state index contributed by atoms with van der Waals surface area (Å²) in [7, 11) is 1.81. The van der Waals surface area contributed by atoms with Crippen LogP contribution in [0.2, 0.25) is 0 Å². The maximum atomic E-state index is 8.66. The molecule has 0 aliphatic heterocycles. The van der Waals surface area contributed by atoms with E-state index in [9.17, 15) is 0 Å². The van der Waals surface area contributed by atoms with Crippen LogP contribution in [0.3, 0.4) is 0 Å². The zero-order valence-corrected chi connectivity index (χ0v) is 7.21. The molecule has 1 heterocycles. The van der Waals surface area contributed by atoms with Crippen molar-refractivity contribution in [3.8, 4) is 0 Å². The maximum absolute atomic E-state index is 8.66. The van der Waals surface area contributed by atoms with Crippen LogP contribution in [0.15, 0.2) is 6.20 Å². The Morgan fingerprint density at radius 2 is 2.45 bits per heavy atom. The number of alkyl halides is 1. The van der Waals surface area contributed by atoms with Crippen molar-refractivity contribution in [3.05, 3.63) is 11.9 Å². The van der Waals surface area contributed by atoms with Crippen LogP contribution in [-0.2, 0) is 7.05 Å². The van der Waals surface area contributed by atoms with E-state index in [1.165, 1.54) is 0 Å². The van der Waals surface area contributed by atoms with Gasteiger partial charge < -0.3 is 0 Å². The summed E-state index contributed by atoms with van der Waals surface area (Å²) in [6.07, 6.45) is 1.65. The molecule has 5 heteroatoms. The fourth-order valence-electron chi connectivity index (χ4n) is 0.927. The van der Waals surface area contributed by atoms with E-state index < -0.39 is 0 Å². The van der Waals surface area contributed by atoms with Crippen molar-refractivity contribution in [1.82, 2.24) is 9.55 Å². The number of quaternary nitrogens is 1. The first kappa shape index (κ1) is 8.52. The van der Waals surface area contributed by atoms with E-state index in [1.54, 1.807) is 10.8 Å². The lowest BCUT2D eigenvalue weighted by atomic mass is 10.3. The van der Waals surface area contributed by atoms with Gasteiger partial charge in [-0.3, -0.25) is 4.57 Å². The standard InChI is InChI=1S/C6H10ClN3O/c1-4(7)5-3-8-6(9-11)10(5)2/h3-4,11H,1-2H3,(H,8,9)/p+1. The average molecular weight is 177 g/mol. The van der Waals surface area contributed by atoms with E-state index in [0.29, 0.717) is 5.95 Å². The van der Waals surface area contributed by atoms with Crippen LogP contribution in [0.5, 0.6) is 0 Å². The molecule has 11 heavy (non-hydrogen) atoms. The molecule has 0 saturated heterocycles. The van der Waals surface area contributed by atoms with E-state index in [4.69, 9.17) is 16.8 Å². The lowest BCUT2D eigenvalue weighted by Crippen LogP contribution is -2.75. The Bertz CT molecular complexity index is 246. The van der Waals surface area contributed by atoms with Crippen LogP contribution in [0.25, 0.3) is 0 Å². The quantitative estimate of drug-likeness (QED) is 0.503. The zero-order valence-electron chi connectivity index (χ0n) is 6.45. The summed E-state index contributed by atoms with van der Waals surface area (Å²) in [5.41, 5.74) is 1.86. The van der Waals surface area contributed by atoms with Gasteiger partial charge in [0.05, 0.1) is 17.3 Å². The molecule has 1 rings (SSSR count). The highest BCUT2D eigenvalue weighted by molar-refractivity contribution is 6.20. The fourth-order valence-corrected chi connectivity index (χ4v) is 1.13. The largest absolute Gasteiger partial charge is 0.338 e. The van der Waals surface area contributed by atoms with Crippen LogP contribution in [0, 0.1) is 0 Å². The first-order chi connectivity index (χ1) is 5.16. The van der Waals surface area contributed by atoms with Crippen molar-refractivity contribution in [2.45, 2.75) is 12.3 Å². The highest BCUT2D eigenvalue weighted by atomic mass is 35.5. The summed E-state index contributed by atoms with van der Waals surface area (Å²) in [6.45, 7) is 1.86. The summed E-state index contributed by atoms with van der Waals surface area (Å²) < 4.78 is 1.75. The Labute approximate surface area is 69.8 Å². The summed E-state index contributed by atoms with van der Waals surface area (Å²) in [4.78, 5) is 3.93. The smallest absolute Gasteiger partial charge is 0.282 e. The number of nitrogens with zero attached hydrogens (tertiary/aromatic N) is 2. The van der Waals surface area contributed by atoms with Gasteiger partial charge in [0, 0.05) is 7.05 Å². The number of hydrogen-bond acceptors (Lipinski definition) is 2. The lowest BCUT2D eigenvalue weighted by Gasteiger charge is -2.02. The van der Waals surface area contributed by atoms with E-state index in [1.807, 2.05) is 14.0 Å². The molecule has 0 saturated carbocycles. The second-order valence-electron chi connectivity index (χ2n) is 2.35. The van der Waals surface area contributed by atoms with Crippen LogP contribution < -0.4 is 5.48 Å².